The van der Waals surface area contributed by atoms with Crippen molar-refractivity contribution in [1.82, 2.24) is 16.0 Å². The first kappa shape index (κ1) is 23.9. The van der Waals surface area contributed by atoms with E-state index in [2.05, 4.69) is 16.0 Å². The molecule has 3 amide bonds. The third-order valence-electron chi connectivity index (χ3n) is 3.40. The van der Waals surface area contributed by atoms with Crippen LogP contribution in [0.15, 0.2) is 0 Å². The minimum Gasteiger partial charge on any atom is -0.481 e. The molecule has 1 atom stereocenters. The second-order valence-electron chi connectivity index (χ2n) is 5.45. The second-order valence-corrected chi connectivity index (χ2v) is 6.96. The fourth-order valence-corrected chi connectivity index (χ4v) is 3.27. The Bertz CT molecular complexity index is 496. The van der Waals surface area contributed by atoms with Gasteiger partial charge in [-0.25, -0.2) is 0 Å². The molecule has 0 rings (SSSR count). The molecule has 26 heavy (non-hydrogen) atoms. The van der Waals surface area contributed by atoms with Crippen molar-refractivity contribution in [2.45, 2.75) is 50.0 Å². The van der Waals surface area contributed by atoms with Gasteiger partial charge in [0.25, 0.3) is 0 Å². The van der Waals surface area contributed by atoms with Crippen LogP contribution < -0.4 is 16.0 Å². The third-order valence-corrected chi connectivity index (χ3v) is 5.16. The number of hydrogen-bond donors (Lipinski definition) is 4. The molecule has 0 saturated carbocycles. The molecule has 0 bridgehead atoms. The summed E-state index contributed by atoms with van der Waals surface area (Å²) in [5, 5.41) is 15.6. The minimum absolute atomic E-state index is 0.0395. The molecule has 4 N–H and O–H groups in total. The van der Waals surface area contributed by atoms with Gasteiger partial charge in [0.05, 0.1) is 24.8 Å². The van der Waals surface area contributed by atoms with Crippen molar-refractivity contribution in [1.29, 1.82) is 0 Å². The maximum Gasteiger partial charge on any atom is 0.305 e. The number of amides is 3. The average Bonchev–Trinajstić information content (AvgIpc) is 2.61. The zero-order valence-electron chi connectivity index (χ0n) is 15.1. The summed E-state index contributed by atoms with van der Waals surface area (Å²) < 4.78 is 0. The van der Waals surface area contributed by atoms with Crippen molar-refractivity contribution < 1.29 is 29.1 Å². The van der Waals surface area contributed by atoms with Crippen molar-refractivity contribution >= 4 is 41.7 Å². The molecular formula is C16H27N3O6S. The van der Waals surface area contributed by atoms with Crippen LogP contribution in [-0.4, -0.2) is 65.2 Å². The molecule has 0 aromatic carbocycles. The van der Waals surface area contributed by atoms with Gasteiger partial charge < -0.3 is 25.9 Å². The van der Waals surface area contributed by atoms with E-state index in [1.165, 1.54) is 11.8 Å². The van der Waals surface area contributed by atoms with Gasteiger partial charge in [0.2, 0.25) is 17.7 Å². The van der Waals surface area contributed by atoms with E-state index in [0.29, 0.717) is 6.29 Å². The predicted molar refractivity (Wildman–Crippen MR) is 97.7 cm³/mol. The number of nitrogens with one attached hydrogen (secondary N) is 3. The Morgan fingerprint density at radius 2 is 1.69 bits per heavy atom. The van der Waals surface area contributed by atoms with Crippen LogP contribution in [0.5, 0.6) is 0 Å². The Morgan fingerprint density at radius 1 is 1.04 bits per heavy atom. The molecule has 1 unspecified atom stereocenters. The summed E-state index contributed by atoms with van der Waals surface area (Å²) in [4.78, 5) is 56.1. The van der Waals surface area contributed by atoms with E-state index in [-0.39, 0.29) is 37.7 Å². The molecule has 0 saturated heterocycles. The first-order chi connectivity index (χ1) is 12.3. The molecule has 0 aromatic heterocycles. The molecule has 0 aromatic rings. The summed E-state index contributed by atoms with van der Waals surface area (Å²) in [6.07, 6.45) is 1.87. The van der Waals surface area contributed by atoms with E-state index >= 15 is 0 Å². The van der Waals surface area contributed by atoms with Gasteiger partial charge in [0.1, 0.15) is 6.29 Å². The predicted octanol–water partition coefficient (Wildman–Crippen LogP) is -0.311. The SMILES string of the molecule is CCC(CC)SC(CC(=O)O)C(=O)NCCC(=O)NCC(=O)NCC=O. The van der Waals surface area contributed by atoms with Gasteiger partial charge in [-0.05, 0) is 12.8 Å². The fourth-order valence-electron chi connectivity index (χ4n) is 1.97. The number of hydrogen-bond acceptors (Lipinski definition) is 6. The van der Waals surface area contributed by atoms with Crippen LogP contribution in [-0.2, 0) is 24.0 Å². The van der Waals surface area contributed by atoms with Crippen LogP contribution in [0.3, 0.4) is 0 Å². The fraction of sp³-hybridized carbons (Fsp3) is 0.688. The Balaban J connectivity index is 4.28. The normalized spacial score (nSPS) is 11.5. The third kappa shape index (κ3) is 11.5. The quantitative estimate of drug-likeness (QED) is 0.299. The molecule has 10 heteroatoms. The number of aliphatic carboxylic acids is 1. The van der Waals surface area contributed by atoms with Crippen LogP contribution in [0, 0.1) is 0 Å². The second kappa shape index (κ2) is 14.1. The Labute approximate surface area is 157 Å². The lowest BCUT2D eigenvalue weighted by Gasteiger charge is -2.20. The van der Waals surface area contributed by atoms with Gasteiger partial charge >= 0.3 is 5.97 Å². The van der Waals surface area contributed by atoms with Gasteiger partial charge in [-0.1, -0.05) is 13.8 Å². The van der Waals surface area contributed by atoms with Crippen molar-refractivity contribution in [3.05, 3.63) is 0 Å². The standard InChI is InChI=1S/C16H27N3O6S/c1-3-11(4-2)26-12(9-15(23)24)16(25)18-6-5-13(21)19-10-14(22)17-7-8-20/h8,11-12H,3-7,9-10H2,1-2H3,(H,17,22)(H,18,25)(H,19,21)(H,23,24). The number of carboxylic acids is 1. The highest BCUT2D eigenvalue weighted by Gasteiger charge is 2.25. The molecule has 0 aliphatic heterocycles. The molecule has 9 nitrogen and oxygen atoms in total. The van der Waals surface area contributed by atoms with Crippen molar-refractivity contribution in [2.75, 3.05) is 19.6 Å². The first-order valence-electron chi connectivity index (χ1n) is 8.45. The van der Waals surface area contributed by atoms with Gasteiger partial charge in [0.15, 0.2) is 0 Å². The van der Waals surface area contributed by atoms with Gasteiger partial charge in [-0.15, -0.1) is 11.8 Å². The Kier molecular flexibility index (Phi) is 13.0. The number of carbonyl (C=O) groups excluding carboxylic acids is 4. The van der Waals surface area contributed by atoms with E-state index in [4.69, 9.17) is 5.11 Å². The van der Waals surface area contributed by atoms with E-state index < -0.39 is 28.9 Å². The summed E-state index contributed by atoms with van der Waals surface area (Å²) in [5.41, 5.74) is 0. The molecule has 0 aliphatic rings. The maximum absolute atomic E-state index is 12.2. The van der Waals surface area contributed by atoms with E-state index in [1.54, 1.807) is 0 Å². The van der Waals surface area contributed by atoms with E-state index in [1.807, 2.05) is 13.8 Å². The van der Waals surface area contributed by atoms with Crippen LogP contribution in [0.1, 0.15) is 39.5 Å². The van der Waals surface area contributed by atoms with E-state index in [0.717, 1.165) is 12.8 Å². The highest BCUT2D eigenvalue weighted by Crippen LogP contribution is 2.25. The zero-order valence-corrected chi connectivity index (χ0v) is 15.9. The van der Waals surface area contributed by atoms with Crippen molar-refractivity contribution in [3.8, 4) is 0 Å². The highest BCUT2D eigenvalue weighted by molar-refractivity contribution is 8.01. The highest BCUT2D eigenvalue weighted by atomic mass is 32.2. The summed E-state index contributed by atoms with van der Waals surface area (Å²) >= 11 is 1.33. The lowest BCUT2D eigenvalue weighted by atomic mass is 10.2. The van der Waals surface area contributed by atoms with Gasteiger partial charge in [-0.3, -0.25) is 19.2 Å². The number of carboxylic acid groups (broad SMARTS) is 1. The van der Waals surface area contributed by atoms with Gasteiger partial charge in [0, 0.05) is 18.2 Å². The lowest BCUT2D eigenvalue weighted by molar-refractivity contribution is -0.138. The average molecular weight is 389 g/mol. The van der Waals surface area contributed by atoms with E-state index in [9.17, 15) is 24.0 Å². The van der Waals surface area contributed by atoms with Crippen molar-refractivity contribution in [3.63, 3.8) is 0 Å². The smallest absolute Gasteiger partial charge is 0.305 e. The topological polar surface area (TPSA) is 142 Å². The number of carbonyl (C=O) groups is 5. The number of aldehydes is 1. The molecule has 0 fully saturated rings. The summed E-state index contributed by atoms with van der Waals surface area (Å²) in [6.45, 7) is 3.62. The van der Waals surface area contributed by atoms with Crippen LogP contribution in [0.4, 0.5) is 0 Å². The molecule has 0 radical (unpaired) electrons. The number of rotatable bonds is 14. The molecular weight excluding hydrogens is 362 g/mol. The summed E-state index contributed by atoms with van der Waals surface area (Å²) in [7, 11) is 0. The van der Waals surface area contributed by atoms with Crippen molar-refractivity contribution in [2.24, 2.45) is 0 Å². The Morgan fingerprint density at radius 3 is 2.23 bits per heavy atom. The maximum atomic E-state index is 12.2. The number of thioether (sulfide) groups is 1. The largest absolute Gasteiger partial charge is 0.481 e. The molecule has 0 heterocycles. The zero-order chi connectivity index (χ0) is 19.9. The van der Waals surface area contributed by atoms with Crippen LogP contribution in [0.2, 0.25) is 0 Å². The first-order valence-corrected chi connectivity index (χ1v) is 9.40. The summed E-state index contributed by atoms with van der Waals surface area (Å²) in [6, 6.07) is 0. The molecule has 0 spiro atoms. The van der Waals surface area contributed by atoms with Gasteiger partial charge in [-0.2, -0.15) is 0 Å². The van der Waals surface area contributed by atoms with Crippen LogP contribution >= 0.6 is 11.8 Å². The monoisotopic (exact) mass is 389 g/mol. The summed E-state index contributed by atoms with van der Waals surface area (Å²) in [5.74, 6) is -2.39. The Hall–Kier alpha value is -2.10. The van der Waals surface area contributed by atoms with Crippen LogP contribution in [0.25, 0.3) is 0 Å². The molecule has 0 aliphatic carbocycles. The minimum atomic E-state index is -1.05. The molecule has 148 valence electrons. The lowest BCUT2D eigenvalue weighted by Crippen LogP contribution is -2.40.